The van der Waals surface area contributed by atoms with E-state index in [0.717, 1.165) is 24.3 Å². The first-order valence-corrected chi connectivity index (χ1v) is 11.8. The highest BCUT2D eigenvalue weighted by atomic mass is 33.1. The van der Waals surface area contributed by atoms with E-state index in [1.807, 2.05) is 18.7 Å². The van der Waals surface area contributed by atoms with E-state index in [1.165, 1.54) is 22.8 Å². The van der Waals surface area contributed by atoms with Crippen molar-refractivity contribution < 1.29 is 9.09 Å². The highest BCUT2D eigenvalue weighted by Crippen LogP contribution is 2.70. The summed E-state index contributed by atoms with van der Waals surface area (Å²) in [7, 11) is 0. The van der Waals surface area contributed by atoms with Gasteiger partial charge in [-0.3, -0.25) is 4.57 Å². The molecule has 0 aliphatic heterocycles. The lowest BCUT2D eigenvalue weighted by Crippen LogP contribution is -2.03. The maximum Gasteiger partial charge on any atom is 0.313 e. The predicted octanol–water partition coefficient (Wildman–Crippen LogP) is 5.15. The molecular formula is C10H23O2PS3. The van der Waals surface area contributed by atoms with Gasteiger partial charge in [0.25, 0.3) is 0 Å². The topological polar surface area (TPSA) is 26.3 Å². The summed E-state index contributed by atoms with van der Waals surface area (Å²) in [6.45, 7) is 6.72. The lowest BCUT2D eigenvalue weighted by atomic mass is 10.4. The van der Waals surface area contributed by atoms with Gasteiger partial charge in [-0.2, -0.15) is 11.8 Å². The molecule has 2 unspecified atom stereocenters. The molecule has 2 atom stereocenters. The van der Waals surface area contributed by atoms with Gasteiger partial charge in [-0.25, -0.2) is 0 Å². The number of rotatable bonds is 10. The minimum Gasteiger partial charge on any atom is -0.314 e. The van der Waals surface area contributed by atoms with E-state index in [2.05, 4.69) is 20.1 Å². The molecule has 0 fully saturated rings. The van der Waals surface area contributed by atoms with Crippen LogP contribution in [0.5, 0.6) is 0 Å². The summed E-state index contributed by atoms with van der Waals surface area (Å²) >= 11 is 4.87. The van der Waals surface area contributed by atoms with Gasteiger partial charge in [-0.15, -0.1) is 0 Å². The van der Waals surface area contributed by atoms with Crippen molar-refractivity contribution in [1.82, 2.24) is 0 Å². The molecule has 0 saturated carbocycles. The van der Waals surface area contributed by atoms with E-state index in [4.69, 9.17) is 4.52 Å². The Bertz CT molecular complexity index is 210. The third-order valence-corrected chi connectivity index (χ3v) is 11.1. The fraction of sp³-hybridized carbons (Fsp3) is 1.00. The molecule has 0 aliphatic carbocycles. The first kappa shape index (κ1) is 17.2. The Labute approximate surface area is 112 Å². The van der Waals surface area contributed by atoms with Gasteiger partial charge in [0.1, 0.15) is 0 Å². The first-order valence-electron chi connectivity index (χ1n) is 5.68. The second-order valence-corrected chi connectivity index (χ2v) is 11.9. The zero-order valence-corrected chi connectivity index (χ0v) is 13.9. The largest absolute Gasteiger partial charge is 0.314 e. The Morgan fingerprint density at radius 1 is 1.25 bits per heavy atom. The summed E-state index contributed by atoms with van der Waals surface area (Å²) in [6, 6.07) is 0. The second-order valence-electron chi connectivity index (χ2n) is 3.26. The van der Waals surface area contributed by atoms with Crippen LogP contribution in [0.15, 0.2) is 0 Å². The number of hydrogen-bond donors (Lipinski definition) is 0. The van der Waals surface area contributed by atoms with Crippen LogP contribution in [0.1, 0.15) is 33.6 Å². The molecule has 0 aromatic rings. The van der Waals surface area contributed by atoms with E-state index in [-0.39, 0.29) is 0 Å². The molecule has 0 aliphatic rings. The van der Waals surface area contributed by atoms with Crippen LogP contribution in [-0.2, 0) is 9.09 Å². The van der Waals surface area contributed by atoms with Gasteiger partial charge in [-0.05, 0) is 26.0 Å². The second kappa shape index (κ2) is 10.2. The lowest BCUT2D eigenvalue weighted by molar-refractivity contribution is 0.357. The molecule has 0 saturated heterocycles. The maximum absolute atomic E-state index is 12.4. The summed E-state index contributed by atoms with van der Waals surface area (Å²) < 4.78 is 17.8. The Morgan fingerprint density at radius 2 is 1.94 bits per heavy atom. The molecule has 0 spiro atoms. The highest BCUT2D eigenvalue weighted by molar-refractivity contribution is 8.89. The third kappa shape index (κ3) is 7.54. The molecule has 0 aromatic heterocycles. The average molecular weight is 302 g/mol. The van der Waals surface area contributed by atoms with E-state index >= 15 is 0 Å². The van der Waals surface area contributed by atoms with Gasteiger partial charge in [-0.1, -0.05) is 36.6 Å². The Morgan fingerprint density at radius 3 is 2.38 bits per heavy atom. The molecule has 0 heterocycles. The van der Waals surface area contributed by atoms with Crippen molar-refractivity contribution in [2.45, 2.75) is 38.9 Å². The molecule has 2 nitrogen and oxygen atoms in total. The first-order chi connectivity index (χ1) is 7.61. The summed E-state index contributed by atoms with van der Waals surface area (Å²) in [5.74, 6) is -0.657. The summed E-state index contributed by atoms with van der Waals surface area (Å²) in [5, 5.41) is 0.584. The van der Waals surface area contributed by atoms with Crippen LogP contribution < -0.4 is 0 Å². The van der Waals surface area contributed by atoms with E-state index in [0.29, 0.717) is 11.9 Å². The van der Waals surface area contributed by atoms with Crippen molar-refractivity contribution in [3.05, 3.63) is 0 Å². The zero-order valence-electron chi connectivity index (χ0n) is 10.6. The van der Waals surface area contributed by atoms with Crippen LogP contribution >= 0.6 is 40.3 Å². The van der Waals surface area contributed by atoms with Crippen LogP contribution in [0.25, 0.3) is 0 Å². The monoisotopic (exact) mass is 302 g/mol. The van der Waals surface area contributed by atoms with Gasteiger partial charge in [0.05, 0.1) is 6.61 Å². The molecule has 0 amide bonds. The van der Waals surface area contributed by atoms with Crippen LogP contribution in [0.3, 0.4) is 0 Å². The van der Waals surface area contributed by atoms with E-state index in [1.54, 1.807) is 0 Å². The fourth-order valence-corrected chi connectivity index (χ4v) is 9.41. The van der Waals surface area contributed by atoms with Crippen LogP contribution in [0.4, 0.5) is 0 Å². The van der Waals surface area contributed by atoms with Crippen molar-refractivity contribution >= 4 is 40.3 Å². The molecule has 0 bridgehead atoms. The number of thioether (sulfide) groups is 1. The van der Waals surface area contributed by atoms with E-state index in [9.17, 15) is 4.57 Å². The SMILES string of the molecule is CCCSP(=O)(OCC)SCC(CC)SC. The predicted molar refractivity (Wildman–Crippen MR) is 82.0 cm³/mol. The van der Waals surface area contributed by atoms with Gasteiger partial charge in [0.2, 0.25) is 0 Å². The standard InChI is InChI=1S/C10H23O2PS3/c1-5-8-15-13(11,12-7-3)16-9-10(6-2)14-4/h10H,5-9H2,1-4H3. The van der Waals surface area contributed by atoms with Crippen LogP contribution in [0, 0.1) is 0 Å². The van der Waals surface area contributed by atoms with Crippen molar-refractivity contribution in [3.63, 3.8) is 0 Å². The molecule has 0 N–H and O–H groups in total. The van der Waals surface area contributed by atoms with Crippen molar-refractivity contribution in [2.24, 2.45) is 0 Å². The lowest BCUT2D eigenvalue weighted by Gasteiger charge is -2.18. The fourth-order valence-electron chi connectivity index (χ4n) is 1.000. The molecule has 6 heteroatoms. The molecular weight excluding hydrogens is 279 g/mol. The summed E-state index contributed by atoms with van der Waals surface area (Å²) in [6.07, 6.45) is 4.28. The third-order valence-electron chi connectivity index (χ3n) is 1.95. The van der Waals surface area contributed by atoms with Crippen LogP contribution in [0.2, 0.25) is 0 Å². The Balaban J connectivity index is 4.15. The minimum atomic E-state index is -2.50. The molecule has 98 valence electrons. The average Bonchev–Trinajstić information content (AvgIpc) is 2.28. The molecule has 0 aromatic carbocycles. The molecule has 16 heavy (non-hydrogen) atoms. The minimum absolute atomic E-state index is 0.539. The summed E-state index contributed by atoms with van der Waals surface area (Å²) in [4.78, 5) is 0. The van der Waals surface area contributed by atoms with Gasteiger partial charge >= 0.3 is 5.77 Å². The van der Waals surface area contributed by atoms with E-state index < -0.39 is 5.77 Å². The smallest absolute Gasteiger partial charge is 0.313 e. The van der Waals surface area contributed by atoms with Crippen molar-refractivity contribution in [3.8, 4) is 0 Å². The zero-order chi connectivity index (χ0) is 12.4. The Hall–Kier alpha value is 1.24. The van der Waals surface area contributed by atoms with Gasteiger partial charge < -0.3 is 4.52 Å². The van der Waals surface area contributed by atoms with Crippen molar-refractivity contribution in [2.75, 3.05) is 24.4 Å². The molecule has 0 rings (SSSR count). The number of hydrogen-bond acceptors (Lipinski definition) is 5. The van der Waals surface area contributed by atoms with Gasteiger partial charge in [0.15, 0.2) is 0 Å². The summed E-state index contributed by atoms with van der Waals surface area (Å²) in [5.41, 5.74) is 0. The quantitative estimate of drug-likeness (QED) is 0.520. The van der Waals surface area contributed by atoms with Crippen molar-refractivity contribution in [1.29, 1.82) is 0 Å². The highest BCUT2D eigenvalue weighted by Gasteiger charge is 2.25. The van der Waals surface area contributed by atoms with Gasteiger partial charge in [0, 0.05) is 16.8 Å². The molecule has 0 radical (unpaired) electrons. The normalized spacial score (nSPS) is 17.0. The maximum atomic E-state index is 12.4. The Kier molecular flexibility index (Phi) is 11.0. The van der Waals surface area contributed by atoms with Crippen LogP contribution in [-0.4, -0.2) is 29.6 Å².